The third kappa shape index (κ3) is 6.25. The van der Waals surface area contributed by atoms with E-state index >= 15 is 0 Å². The number of para-hydroxylation sites is 1. The first-order valence-corrected chi connectivity index (χ1v) is 11.7. The second-order valence-corrected chi connectivity index (χ2v) is 8.60. The maximum Gasteiger partial charge on any atom is 0.323 e. The predicted octanol–water partition coefficient (Wildman–Crippen LogP) is 4.59. The molecule has 0 radical (unpaired) electrons. The summed E-state index contributed by atoms with van der Waals surface area (Å²) in [6, 6.07) is 15.7. The molecule has 5 amide bonds. The van der Waals surface area contributed by atoms with E-state index in [9.17, 15) is 14.4 Å². The molecule has 0 atom stereocenters. The Hall–Kier alpha value is -3.55. The zero-order chi connectivity index (χ0) is 23.0. The second-order valence-electron chi connectivity index (χ2n) is 8.60. The molecule has 2 aromatic carbocycles. The number of anilines is 3. The van der Waals surface area contributed by atoms with Gasteiger partial charge >= 0.3 is 12.1 Å². The Kier molecular flexibility index (Phi) is 7.44. The monoisotopic (exact) mass is 449 g/mol. The number of rotatable bonds is 4. The molecule has 2 aliphatic rings. The average molecular weight is 450 g/mol. The van der Waals surface area contributed by atoms with Gasteiger partial charge in [0.05, 0.1) is 0 Å². The number of nitrogens with zero attached hydrogens (tertiary/aromatic N) is 2. The standard InChI is InChI=1S/C25H31N5O3/c31-23(29-14-5-2-6-15-29)19-12-16-30(17-13-19)25(33)28-22-11-7-10-21(18-22)27-24(32)26-20-8-3-1-4-9-20/h1,3-4,7-11,18-19H,2,5-6,12-17H2,(H,28,33)(H2,26,27,32). The number of hydrogen-bond acceptors (Lipinski definition) is 3. The minimum absolute atomic E-state index is 0.0165. The Morgan fingerprint density at radius 3 is 1.97 bits per heavy atom. The quantitative estimate of drug-likeness (QED) is 0.637. The van der Waals surface area contributed by atoms with E-state index in [1.165, 1.54) is 6.42 Å². The van der Waals surface area contributed by atoms with Crippen LogP contribution in [0.2, 0.25) is 0 Å². The summed E-state index contributed by atoms with van der Waals surface area (Å²) in [7, 11) is 0. The van der Waals surface area contributed by atoms with Crippen LogP contribution in [0.25, 0.3) is 0 Å². The molecule has 0 saturated carbocycles. The van der Waals surface area contributed by atoms with Crippen molar-refractivity contribution in [2.75, 3.05) is 42.1 Å². The topological polar surface area (TPSA) is 93.8 Å². The van der Waals surface area contributed by atoms with Gasteiger partial charge < -0.3 is 25.8 Å². The summed E-state index contributed by atoms with van der Waals surface area (Å²) < 4.78 is 0. The minimum Gasteiger partial charge on any atom is -0.342 e. The van der Waals surface area contributed by atoms with Crippen LogP contribution >= 0.6 is 0 Å². The summed E-state index contributed by atoms with van der Waals surface area (Å²) in [4.78, 5) is 41.4. The number of urea groups is 2. The van der Waals surface area contributed by atoms with Crippen LogP contribution in [-0.4, -0.2) is 53.9 Å². The summed E-state index contributed by atoms with van der Waals surface area (Å²) in [6.45, 7) is 2.86. The average Bonchev–Trinajstić information content (AvgIpc) is 2.85. The molecule has 2 fully saturated rings. The van der Waals surface area contributed by atoms with Gasteiger partial charge in [-0.15, -0.1) is 0 Å². The third-order valence-electron chi connectivity index (χ3n) is 6.20. The van der Waals surface area contributed by atoms with Crippen molar-refractivity contribution in [1.29, 1.82) is 0 Å². The van der Waals surface area contributed by atoms with Crippen molar-refractivity contribution < 1.29 is 14.4 Å². The Labute approximate surface area is 194 Å². The van der Waals surface area contributed by atoms with Crippen LogP contribution in [0.15, 0.2) is 54.6 Å². The largest absolute Gasteiger partial charge is 0.342 e. The second kappa shape index (κ2) is 10.8. The number of piperidine rings is 2. The summed E-state index contributed by atoms with van der Waals surface area (Å²) >= 11 is 0. The van der Waals surface area contributed by atoms with Crippen LogP contribution in [0.1, 0.15) is 32.1 Å². The molecule has 0 spiro atoms. The Morgan fingerprint density at radius 1 is 0.667 bits per heavy atom. The van der Waals surface area contributed by atoms with Crippen molar-refractivity contribution >= 4 is 35.0 Å². The summed E-state index contributed by atoms with van der Waals surface area (Å²) in [5.41, 5.74) is 1.87. The van der Waals surface area contributed by atoms with Gasteiger partial charge in [-0.25, -0.2) is 9.59 Å². The molecule has 0 aliphatic carbocycles. The SMILES string of the molecule is O=C(Nc1ccccc1)Nc1cccc(NC(=O)N2CCC(C(=O)N3CCCCC3)CC2)c1. The Bertz CT molecular complexity index is 967. The van der Waals surface area contributed by atoms with Crippen LogP contribution in [0.3, 0.4) is 0 Å². The molecule has 0 bridgehead atoms. The van der Waals surface area contributed by atoms with E-state index in [1.807, 2.05) is 23.1 Å². The number of benzene rings is 2. The van der Waals surface area contributed by atoms with E-state index in [-0.39, 0.29) is 23.9 Å². The molecule has 2 aromatic rings. The molecular weight excluding hydrogens is 418 g/mol. The fourth-order valence-corrected chi connectivity index (χ4v) is 4.39. The van der Waals surface area contributed by atoms with Gasteiger partial charge in [-0.1, -0.05) is 24.3 Å². The number of likely N-dealkylation sites (tertiary alicyclic amines) is 2. The molecule has 33 heavy (non-hydrogen) atoms. The minimum atomic E-state index is -0.356. The van der Waals surface area contributed by atoms with Gasteiger partial charge in [0.2, 0.25) is 5.91 Å². The van der Waals surface area contributed by atoms with E-state index < -0.39 is 0 Å². The number of carbonyl (C=O) groups excluding carboxylic acids is 3. The molecule has 2 saturated heterocycles. The third-order valence-corrected chi connectivity index (χ3v) is 6.20. The Balaban J connectivity index is 1.26. The van der Waals surface area contributed by atoms with E-state index in [0.717, 1.165) is 25.9 Å². The fourth-order valence-electron chi connectivity index (χ4n) is 4.39. The maximum atomic E-state index is 12.7. The van der Waals surface area contributed by atoms with Gasteiger partial charge in [0.15, 0.2) is 0 Å². The highest BCUT2D eigenvalue weighted by molar-refractivity contribution is 6.00. The first-order valence-electron chi connectivity index (χ1n) is 11.7. The fraction of sp³-hybridized carbons (Fsp3) is 0.400. The smallest absolute Gasteiger partial charge is 0.323 e. The first-order chi connectivity index (χ1) is 16.1. The summed E-state index contributed by atoms with van der Waals surface area (Å²) in [5, 5.41) is 8.44. The lowest BCUT2D eigenvalue weighted by atomic mass is 9.94. The van der Waals surface area contributed by atoms with Crippen LogP contribution < -0.4 is 16.0 Å². The summed E-state index contributed by atoms with van der Waals surface area (Å²) in [5.74, 6) is 0.269. The normalized spacial score (nSPS) is 16.7. The van der Waals surface area contributed by atoms with Gasteiger partial charge in [-0.2, -0.15) is 0 Å². The van der Waals surface area contributed by atoms with Gasteiger partial charge in [0, 0.05) is 49.2 Å². The first kappa shape index (κ1) is 22.6. The molecule has 8 nitrogen and oxygen atoms in total. The van der Waals surface area contributed by atoms with E-state index in [1.54, 1.807) is 41.3 Å². The lowest BCUT2D eigenvalue weighted by Gasteiger charge is -2.35. The summed E-state index contributed by atoms with van der Waals surface area (Å²) in [6.07, 6.45) is 4.79. The Morgan fingerprint density at radius 2 is 1.27 bits per heavy atom. The maximum absolute atomic E-state index is 12.7. The van der Waals surface area contributed by atoms with Crippen molar-refractivity contribution in [3.05, 3.63) is 54.6 Å². The molecule has 8 heteroatoms. The molecule has 174 valence electrons. The van der Waals surface area contributed by atoms with Crippen molar-refractivity contribution in [2.24, 2.45) is 5.92 Å². The van der Waals surface area contributed by atoms with Gasteiger partial charge in [-0.3, -0.25) is 4.79 Å². The van der Waals surface area contributed by atoms with E-state index in [4.69, 9.17) is 0 Å². The van der Waals surface area contributed by atoms with Crippen LogP contribution in [0, 0.1) is 5.92 Å². The van der Waals surface area contributed by atoms with E-state index in [2.05, 4.69) is 16.0 Å². The number of amides is 5. The zero-order valence-corrected chi connectivity index (χ0v) is 18.8. The lowest BCUT2D eigenvalue weighted by Crippen LogP contribution is -2.46. The molecule has 3 N–H and O–H groups in total. The molecular formula is C25H31N5O3. The van der Waals surface area contributed by atoms with Crippen molar-refractivity contribution in [3.63, 3.8) is 0 Å². The highest BCUT2D eigenvalue weighted by Crippen LogP contribution is 2.23. The van der Waals surface area contributed by atoms with Crippen molar-refractivity contribution in [1.82, 2.24) is 9.80 Å². The van der Waals surface area contributed by atoms with Gasteiger partial charge in [0.25, 0.3) is 0 Å². The van der Waals surface area contributed by atoms with Crippen molar-refractivity contribution in [3.8, 4) is 0 Å². The van der Waals surface area contributed by atoms with Crippen molar-refractivity contribution in [2.45, 2.75) is 32.1 Å². The van der Waals surface area contributed by atoms with Crippen LogP contribution in [-0.2, 0) is 4.79 Å². The number of carbonyl (C=O) groups is 3. The zero-order valence-electron chi connectivity index (χ0n) is 18.8. The number of hydrogen-bond donors (Lipinski definition) is 3. The molecule has 4 rings (SSSR count). The highest BCUT2D eigenvalue weighted by atomic mass is 16.2. The number of nitrogens with one attached hydrogen (secondary N) is 3. The van der Waals surface area contributed by atoms with Crippen LogP contribution in [0.4, 0.5) is 26.7 Å². The highest BCUT2D eigenvalue weighted by Gasteiger charge is 2.30. The molecule has 2 aliphatic heterocycles. The molecule has 0 aromatic heterocycles. The van der Waals surface area contributed by atoms with Gasteiger partial charge in [0.1, 0.15) is 0 Å². The van der Waals surface area contributed by atoms with E-state index in [0.29, 0.717) is 43.0 Å². The molecule has 0 unspecified atom stereocenters. The van der Waals surface area contributed by atoms with Gasteiger partial charge in [-0.05, 0) is 62.4 Å². The predicted molar refractivity (Wildman–Crippen MR) is 129 cm³/mol. The lowest BCUT2D eigenvalue weighted by molar-refractivity contribution is -0.137. The van der Waals surface area contributed by atoms with Crippen LogP contribution in [0.5, 0.6) is 0 Å². The molecule has 2 heterocycles.